The van der Waals surface area contributed by atoms with Gasteiger partial charge in [-0.25, -0.2) is 13.2 Å². The van der Waals surface area contributed by atoms with Crippen LogP contribution in [0.5, 0.6) is 0 Å². The van der Waals surface area contributed by atoms with Crippen LogP contribution >= 0.6 is 15.9 Å². The number of halogens is 4. The van der Waals surface area contributed by atoms with E-state index in [-0.39, 0.29) is 10.9 Å². The Morgan fingerprint density at radius 1 is 1.15 bits per heavy atom. The van der Waals surface area contributed by atoms with Crippen LogP contribution in [0.4, 0.5) is 13.2 Å². The number of fused-ring (bicyclic) bond motifs is 1. The summed E-state index contributed by atoms with van der Waals surface area (Å²) in [5.74, 6) is -3.84. The zero-order valence-corrected chi connectivity index (χ0v) is 7.75. The molecule has 1 nitrogen and oxygen atoms in total. The molecule has 68 valence electrons. The first kappa shape index (κ1) is 8.62. The molecule has 0 aliphatic rings. The molecule has 13 heavy (non-hydrogen) atoms. The second kappa shape index (κ2) is 2.77. The van der Waals surface area contributed by atoms with Gasteiger partial charge in [-0.2, -0.15) is 0 Å². The van der Waals surface area contributed by atoms with Crippen LogP contribution in [0.3, 0.4) is 0 Å². The molecule has 0 saturated carbocycles. The van der Waals surface area contributed by atoms with Gasteiger partial charge >= 0.3 is 0 Å². The van der Waals surface area contributed by atoms with Gasteiger partial charge in [0.15, 0.2) is 17.5 Å². The number of hydrogen-bond donors (Lipinski definition) is 1. The van der Waals surface area contributed by atoms with E-state index in [9.17, 15) is 13.2 Å². The van der Waals surface area contributed by atoms with E-state index in [1.807, 2.05) is 0 Å². The van der Waals surface area contributed by atoms with Crippen molar-refractivity contribution in [2.75, 3.05) is 0 Å². The second-order valence-electron chi connectivity index (χ2n) is 2.55. The maximum atomic E-state index is 13.0. The number of rotatable bonds is 0. The van der Waals surface area contributed by atoms with Gasteiger partial charge in [0.2, 0.25) is 0 Å². The third-order valence-corrected chi connectivity index (χ3v) is 2.42. The number of H-pyrrole nitrogens is 1. The maximum absolute atomic E-state index is 13.0. The monoisotopic (exact) mass is 249 g/mol. The van der Waals surface area contributed by atoms with Gasteiger partial charge in [-0.1, -0.05) is 0 Å². The molecule has 0 spiro atoms. The molecular weight excluding hydrogens is 247 g/mol. The lowest BCUT2D eigenvalue weighted by Gasteiger charge is -1.96. The second-order valence-corrected chi connectivity index (χ2v) is 3.40. The minimum atomic E-state index is -1.46. The molecule has 0 atom stereocenters. The number of nitrogens with one attached hydrogen (secondary N) is 1. The Morgan fingerprint density at radius 3 is 2.54 bits per heavy atom. The number of aromatic amines is 1. The van der Waals surface area contributed by atoms with Crippen LogP contribution in [0.2, 0.25) is 0 Å². The first-order valence-electron chi connectivity index (χ1n) is 3.41. The highest BCUT2D eigenvalue weighted by Gasteiger charge is 2.15. The van der Waals surface area contributed by atoms with E-state index in [4.69, 9.17) is 0 Å². The predicted molar refractivity (Wildman–Crippen MR) is 45.9 cm³/mol. The number of aromatic nitrogens is 1. The SMILES string of the molecule is Fc1cc2c(Br)c[nH]c2c(F)c1F. The lowest BCUT2D eigenvalue weighted by atomic mass is 10.2. The molecule has 5 heteroatoms. The summed E-state index contributed by atoms with van der Waals surface area (Å²) in [7, 11) is 0. The third-order valence-electron chi connectivity index (χ3n) is 1.76. The zero-order valence-electron chi connectivity index (χ0n) is 6.17. The van der Waals surface area contributed by atoms with E-state index in [1.54, 1.807) is 0 Å². The maximum Gasteiger partial charge on any atom is 0.196 e. The molecule has 0 aliphatic carbocycles. The molecule has 0 amide bonds. The molecule has 0 radical (unpaired) electrons. The predicted octanol–water partition coefficient (Wildman–Crippen LogP) is 3.35. The van der Waals surface area contributed by atoms with Crippen LogP contribution in [0.15, 0.2) is 16.7 Å². The van der Waals surface area contributed by atoms with Crippen LogP contribution in [0.25, 0.3) is 10.9 Å². The first-order valence-corrected chi connectivity index (χ1v) is 4.20. The molecule has 2 aromatic rings. The summed E-state index contributed by atoms with van der Waals surface area (Å²) in [5.41, 5.74) is -0.0363. The van der Waals surface area contributed by atoms with Gasteiger partial charge < -0.3 is 4.98 Å². The quantitative estimate of drug-likeness (QED) is 0.690. The topological polar surface area (TPSA) is 15.8 Å². The minimum Gasteiger partial charge on any atom is -0.358 e. The fourth-order valence-electron chi connectivity index (χ4n) is 1.14. The Kier molecular flexibility index (Phi) is 1.83. The average molecular weight is 250 g/mol. The van der Waals surface area contributed by atoms with Crippen LogP contribution in [0, 0.1) is 17.5 Å². The van der Waals surface area contributed by atoms with E-state index >= 15 is 0 Å². The van der Waals surface area contributed by atoms with Crippen molar-refractivity contribution in [3.63, 3.8) is 0 Å². The normalized spacial score (nSPS) is 11.1. The standard InChI is InChI=1S/C8H3BrF3N/c9-4-2-13-8-3(4)1-5(10)6(11)7(8)12/h1-2,13H. The molecule has 2 rings (SSSR count). The van der Waals surface area contributed by atoms with E-state index in [1.165, 1.54) is 6.20 Å². The Morgan fingerprint density at radius 2 is 1.85 bits per heavy atom. The van der Waals surface area contributed by atoms with Gasteiger partial charge in [-0.05, 0) is 22.0 Å². The van der Waals surface area contributed by atoms with Crippen molar-refractivity contribution in [3.8, 4) is 0 Å². The smallest absolute Gasteiger partial charge is 0.196 e. The average Bonchev–Trinajstić information content (AvgIpc) is 2.45. The van der Waals surface area contributed by atoms with Gasteiger partial charge in [-0.15, -0.1) is 0 Å². The van der Waals surface area contributed by atoms with Gasteiger partial charge in [0.05, 0.1) is 5.52 Å². The lowest BCUT2D eigenvalue weighted by molar-refractivity contribution is 0.453. The van der Waals surface area contributed by atoms with E-state index < -0.39 is 17.5 Å². The van der Waals surface area contributed by atoms with E-state index in [0.717, 1.165) is 6.07 Å². The Hall–Kier alpha value is -0.970. The largest absolute Gasteiger partial charge is 0.358 e. The molecule has 0 unspecified atom stereocenters. The van der Waals surface area contributed by atoms with Gasteiger partial charge in [-0.3, -0.25) is 0 Å². The van der Waals surface area contributed by atoms with Crippen molar-refractivity contribution in [1.29, 1.82) is 0 Å². The van der Waals surface area contributed by atoms with Crippen molar-refractivity contribution in [2.45, 2.75) is 0 Å². The highest BCUT2D eigenvalue weighted by atomic mass is 79.9. The zero-order chi connectivity index (χ0) is 9.59. The Balaban J connectivity index is 2.96. The highest BCUT2D eigenvalue weighted by molar-refractivity contribution is 9.10. The summed E-state index contributed by atoms with van der Waals surface area (Å²) in [6.45, 7) is 0. The molecule has 0 bridgehead atoms. The number of benzene rings is 1. The summed E-state index contributed by atoms with van der Waals surface area (Å²) in [5, 5.41) is 0.288. The van der Waals surface area contributed by atoms with E-state index in [2.05, 4.69) is 20.9 Å². The molecule has 1 heterocycles. The highest BCUT2D eigenvalue weighted by Crippen LogP contribution is 2.28. The van der Waals surface area contributed by atoms with Crippen molar-refractivity contribution in [2.24, 2.45) is 0 Å². The Labute approximate surface area is 79.7 Å². The molecule has 0 aliphatic heterocycles. The first-order chi connectivity index (χ1) is 6.11. The molecule has 1 N–H and O–H groups in total. The molecule has 0 saturated heterocycles. The van der Waals surface area contributed by atoms with Crippen LogP contribution in [-0.2, 0) is 0 Å². The van der Waals surface area contributed by atoms with Crippen LogP contribution in [0.1, 0.15) is 0 Å². The minimum absolute atomic E-state index is 0.0363. The van der Waals surface area contributed by atoms with Crippen LogP contribution in [-0.4, -0.2) is 4.98 Å². The van der Waals surface area contributed by atoms with Gasteiger partial charge in [0.25, 0.3) is 0 Å². The van der Waals surface area contributed by atoms with Crippen molar-refractivity contribution < 1.29 is 13.2 Å². The summed E-state index contributed by atoms with van der Waals surface area (Å²) in [4.78, 5) is 2.50. The molecular formula is C8H3BrF3N. The number of hydrogen-bond acceptors (Lipinski definition) is 0. The molecule has 1 aromatic heterocycles. The summed E-state index contributed by atoms with van der Waals surface area (Å²) >= 11 is 3.07. The molecule has 0 fully saturated rings. The van der Waals surface area contributed by atoms with Crippen molar-refractivity contribution in [3.05, 3.63) is 34.2 Å². The fraction of sp³-hybridized carbons (Fsp3) is 0. The molecule has 1 aromatic carbocycles. The Bertz CT molecular complexity index is 478. The summed E-state index contributed by atoms with van der Waals surface area (Å²) in [6.07, 6.45) is 1.42. The fourth-order valence-corrected chi connectivity index (χ4v) is 1.56. The van der Waals surface area contributed by atoms with Crippen molar-refractivity contribution >= 4 is 26.8 Å². The third kappa shape index (κ3) is 1.14. The lowest BCUT2D eigenvalue weighted by Crippen LogP contribution is -1.90. The van der Waals surface area contributed by atoms with Crippen molar-refractivity contribution in [1.82, 2.24) is 4.98 Å². The van der Waals surface area contributed by atoms with Gasteiger partial charge in [0.1, 0.15) is 0 Å². The van der Waals surface area contributed by atoms with E-state index in [0.29, 0.717) is 4.47 Å². The van der Waals surface area contributed by atoms with Crippen LogP contribution < -0.4 is 0 Å². The summed E-state index contributed by atoms with van der Waals surface area (Å²) < 4.78 is 38.9. The summed E-state index contributed by atoms with van der Waals surface area (Å²) in [6, 6.07) is 0.939. The van der Waals surface area contributed by atoms with Gasteiger partial charge in [0, 0.05) is 16.1 Å².